The minimum atomic E-state index is -0.901. The van der Waals surface area contributed by atoms with Gasteiger partial charge in [0, 0.05) is 36.7 Å². The van der Waals surface area contributed by atoms with E-state index in [9.17, 15) is 10.2 Å². The average Bonchev–Trinajstić information content (AvgIpc) is 2.79. The molecule has 0 unspecified atom stereocenters. The fourth-order valence-electron chi connectivity index (χ4n) is 4.22. The summed E-state index contributed by atoms with van der Waals surface area (Å²) in [6.07, 6.45) is 2.88. The number of hydrogen-bond donors (Lipinski definition) is 2. The summed E-state index contributed by atoms with van der Waals surface area (Å²) in [5, 5.41) is 22.9. The lowest BCUT2D eigenvalue weighted by molar-refractivity contribution is -0.0819. The Kier molecular flexibility index (Phi) is 6.56. The van der Waals surface area contributed by atoms with E-state index in [0.717, 1.165) is 22.2 Å². The van der Waals surface area contributed by atoms with E-state index in [2.05, 4.69) is 31.0 Å². The van der Waals surface area contributed by atoms with Gasteiger partial charge in [0.1, 0.15) is 12.0 Å². The smallest absolute Gasteiger partial charge is 0.119 e. The fraction of sp³-hybridized carbons (Fsp3) is 0.423. The van der Waals surface area contributed by atoms with Crippen LogP contribution in [-0.4, -0.2) is 46.0 Å². The second-order valence-electron chi connectivity index (χ2n) is 8.83. The lowest BCUT2D eigenvalue weighted by Gasteiger charge is -2.40. The molecule has 4 rings (SSSR count). The standard InChI is InChI=1S/C26H32N2O3/c1-19(2)20-7-9-23(10-8-20)31-16-11-25(29)28-14-12-26(30,13-15-28)22-17-21-5-3-4-6-24(21)27-18-22/h3-10,17-19,25,29-30H,11-16H2,1-2H3/t25-/m0/s1. The van der Waals surface area contributed by atoms with Crippen LogP contribution in [0.15, 0.2) is 60.8 Å². The molecule has 0 amide bonds. The van der Waals surface area contributed by atoms with Crippen molar-refractivity contribution in [2.45, 2.75) is 50.9 Å². The second kappa shape index (κ2) is 9.35. The fourth-order valence-corrected chi connectivity index (χ4v) is 4.22. The molecule has 2 N–H and O–H groups in total. The molecule has 1 atom stereocenters. The number of fused-ring (bicyclic) bond motifs is 1. The van der Waals surface area contributed by atoms with Crippen LogP contribution in [0.5, 0.6) is 5.75 Å². The molecule has 0 bridgehead atoms. The quantitative estimate of drug-likeness (QED) is 0.592. The van der Waals surface area contributed by atoms with Crippen molar-refractivity contribution in [2.24, 2.45) is 0 Å². The van der Waals surface area contributed by atoms with E-state index >= 15 is 0 Å². The van der Waals surface area contributed by atoms with Gasteiger partial charge in [0.25, 0.3) is 0 Å². The molecule has 0 aliphatic carbocycles. The number of rotatable bonds is 7. The van der Waals surface area contributed by atoms with Gasteiger partial charge in [-0.1, -0.05) is 44.2 Å². The van der Waals surface area contributed by atoms with E-state index in [4.69, 9.17) is 4.74 Å². The van der Waals surface area contributed by atoms with Gasteiger partial charge < -0.3 is 14.9 Å². The molecule has 31 heavy (non-hydrogen) atoms. The Bertz CT molecular complexity index is 995. The van der Waals surface area contributed by atoms with Gasteiger partial charge in [-0.3, -0.25) is 9.88 Å². The third-order valence-electron chi connectivity index (χ3n) is 6.37. The van der Waals surface area contributed by atoms with Crippen molar-refractivity contribution in [3.05, 3.63) is 71.9 Å². The Morgan fingerprint density at radius 3 is 2.48 bits per heavy atom. The summed E-state index contributed by atoms with van der Waals surface area (Å²) >= 11 is 0. The van der Waals surface area contributed by atoms with Crippen molar-refractivity contribution in [2.75, 3.05) is 19.7 Å². The van der Waals surface area contributed by atoms with E-state index in [1.54, 1.807) is 6.20 Å². The lowest BCUT2D eigenvalue weighted by Crippen LogP contribution is -2.47. The molecule has 0 spiro atoms. The van der Waals surface area contributed by atoms with Crippen molar-refractivity contribution >= 4 is 10.9 Å². The largest absolute Gasteiger partial charge is 0.493 e. The summed E-state index contributed by atoms with van der Waals surface area (Å²) < 4.78 is 5.81. The molecule has 1 aliphatic rings. The first-order valence-electron chi connectivity index (χ1n) is 11.2. The molecule has 0 radical (unpaired) electrons. The predicted molar refractivity (Wildman–Crippen MR) is 123 cm³/mol. The number of para-hydroxylation sites is 1. The minimum absolute atomic E-state index is 0.456. The number of aromatic nitrogens is 1. The van der Waals surface area contributed by atoms with Crippen molar-refractivity contribution in [1.29, 1.82) is 0 Å². The number of nitrogens with zero attached hydrogens (tertiary/aromatic N) is 2. The Balaban J connectivity index is 1.28. The van der Waals surface area contributed by atoms with E-state index in [0.29, 0.717) is 44.9 Å². The maximum Gasteiger partial charge on any atom is 0.119 e. The molecule has 5 heteroatoms. The molecule has 0 saturated carbocycles. The Hall–Kier alpha value is -2.47. The molecular weight excluding hydrogens is 388 g/mol. The molecule has 164 valence electrons. The molecule has 5 nitrogen and oxygen atoms in total. The summed E-state index contributed by atoms with van der Waals surface area (Å²) in [5.74, 6) is 1.33. The van der Waals surface area contributed by atoms with Gasteiger partial charge in [-0.25, -0.2) is 0 Å². The summed E-state index contributed by atoms with van der Waals surface area (Å²) in [6.45, 7) is 6.06. The highest BCUT2D eigenvalue weighted by Gasteiger charge is 2.36. The van der Waals surface area contributed by atoms with Crippen LogP contribution in [0.2, 0.25) is 0 Å². The second-order valence-corrected chi connectivity index (χ2v) is 8.83. The van der Waals surface area contributed by atoms with Crippen LogP contribution in [0.4, 0.5) is 0 Å². The third-order valence-corrected chi connectivity index (χ3v) is 6.37. The Labute approximate surface area is 184 Å². The van der Waals surface area contributed by atoms with Crippen molar-refractivity contribution in [3.63, 3.8) is 0 Å². The Morgan fingerprint density at radius 1 is 1.06 bits per heavy atom. The van der Waals surface area contributed by atoms with Gasteiger partial charge in [0.05, 0.1) is 17.7 Å². The first-order valence-corrected chi connectivity index (χ1v) is 11.2. The zero-order valence-corrected chi connectivity index (χ0v) is 18.4. The van der Waals surface area contributed by atoms with Crippen LogP contribution >= 0.6 is 0 Å². The lowest BCUT2D eigenvalue weighted by atomic mass is 9.84. The number of hydrogen-bond acceptors (Lipinski definition) is 5. The molecule has 1 fully saturated rings. The van der Waals surface area contributed by atoms with Gasteiger partial charge >= 0.3 is 0 Å². The van der Waals surface area contributed by atoms with Gasteiger partial charge in [-0.05, 0) is 48.6 Å². The maximum absolute atomic E-state index is 11.2. The van der Waals surface area contributed by atoms with Gasteiger partial charge in [0.2, 0.25) is 0 Å². The number of pyridine rings is 1. The van der Waals surface area contributed by atoms with Crippen LogP contribution in [-0.2, 0) is 5.60 Å². The van der Waals surface area contributed by atoms with Crippen LogP contribution in [0.25, 0.3) is 10.9 Å². The van der Waals surface area contributed by atoms with E-state index < -0.39 is 11.8 Å². The minimum Gasteiger partial charge on any atom is -0.493 e. The number of ether oxygens (including phenoxy) is 1. The summed E-state index contributed by atoms with van der Waals surface area (Å²) in [6, 6.07) is 18.1. The first-order chi connectivity index (χ1) is 14.9. The number of piperidine rings is 1. The summed E-state index contributed by atoms with van der Waals surface area (Å²) in [5.41, 5.74) is 2.17. The summed E-state index contributed by atoms with van der Waals surface area (Å²) in [7, 11) is 0. The highest BCUT2D eigenvalue weighted by atomic mass is 16.5. The molecular formula is C26H32N2O3. The molecule has 3 aromatic rings. The maximum atomic E-state index is 11.2. The number of aliphatic hydroxyl groups excluding tert-OH is 1. The van der Waals surface area contributed by atoms with Crippen LogP contribution in [0.1, 0.15) is 50.2 Å². The Morgan fingerprint density at radius 2 is 1.77 bits per heavy atom. The zero-order valence-electron chi connectivity index (χ0n) is 18.4. The highest BCUT2D eigenvalue weighted by Crippen LogP contribution is 2.34. The monoisotopic (exact) mass is 420 g/mol. The van der Waals surface area contributed by atoms with Crippen molar-refractivity contribution < 1.29 is 14.9 Å². The molecule has 1 aliphatic heterocycles. The molecule has 1 aromatic heterocycles. The first kappa shape index (κ1) is 21.8. The molecule has 2 aromatic carbocycles. The normalized spacial score (nSPS) is 17.7. The summed E-state index contributed by atoms with van der Waals surface area (Å²) in [4.78, 5) is 6.52. The van der Waals surface area contributed by atoms with Crippen LogP contribution in [0, 0.1) is 0 Å². The van der Waals surface area contributed by atoms with Crippen molar-refractivity contribution in [3.8, 4) is 5.75 Å². The molecule has 2 heterocycles. The van der Waals surface area contributed by atoms with E-state index in [-0.39, 0.29) is 0 Å². The zero-order chi connectivity index (χ0) is 21.8. The number of aliphatic hydroxyl groups is 2. The van der Waals surface area contributed by atoms with Gasteiger partial charge in [0.15, 0.2) is 0 Å². The van der Waals surface area contributed by atoms with E-state index in [1.807, 2.05) is 47.4 Å². The highest BCUT2D eigenvalue weighted by molar-refractivity contribution is 5.78. The third kappa shape index (κ3) is 5.06. The SMILES string of the molecule is CC(C)c1ccc(OCC[C@H](O)N2CCC(O)(c3cnc4ccccc4c3)CC2)cc1. The van der Waals surface area contributed by atoms with Crippen molar-refractivity contribution in [1.82, 2.24) is 9.88 Å². The average molecular weight is 421 g/mol. The molecule has 1 saturated heterocycles. The topological polar surface area (TPSA) is 65.8 Å². The number of likely N-dealkylation sites (tertiary alicyclic amines) is 1. The van der Waals surface area contributed by atoms with E-state index in [1.165, 1.54) is 5.56 Å². The van der Waals surface area contributed by atoms with Gasteiger partial charge in [-0.2, -0.15) is 0 Å². The van der Waals surface area contributed by atoms with Gasteiger partial charge in [-0.15, -0.1) is 0 Å². The van der Waals surface area contributed by atoms with Crippen LogP contribution in [0.3, 0.4) is 0 Å². The van der Waals surface area contributed by atoms with Crippen LogP contribution < -0.4 is 4.74 Å². The number of benzene rings is 2. The predicted octanol–water partition coefficient (Wildman–Crippen LogP) is 4.43.